The fourth-order valence-corrected chi connectivity index (χ4v) is 0.494. The molecule has 1 aliphatic carbocycles. The highest BCUT2D eigenvalue weighted by atomic mass is 32.1. The topological polar surface area (TPSA) is 0 Å². The first-order chi connectivity index (χ1) is 2.77. The Balaban J connectivity index is 2.47. The minimum Gasteiger partial charge on any atom is -0.0831 e. The van der Waals surface area contributed by atoms with Crippen LogP contribution in [0.2, 0.25) is 0 Å². The normalized spacial score (nSPS) is 26.2. The Kier molecular flexibility index (Phi) is 0.731. The molecule has 0 unspecified atom stereocenters. The van der Waals surface area contributed by atoms with E-state index in [2.05, 4.69) is 24.5 Å². The van der Waals surface area contributed by atoms with Crippen molar-refractivity contribution in [3.05, 3.63) is 0 Å². The van der Waals surface area contributed by atoms with E-state index < -0.39 is 0 Å². The minimum absolute atomic E-state index is 0.356. The second-order valence-electron chi connectivity index (χ2n) is 2.16. The lowest BCUT2D eigenvalue weighted by atomic mass is 10.2. The first kappa shape index (κ1) is 4.25. The molecule has 0 aromatic heterocycles. The largest absolute Gasteiger partial charge is 0.0831 e. The third kappa shape index (κ3) is 0.597. The summed E-state index contributed by atoms with van der Waals surface area (Å²) in [6.45, 7) is 2.14. The van der Waals surface area contributed by atoms with Crippen LogP contribution in [0.25, 0.3) is 0 Å². The predicted molar refractivity (Wildman–Crippen MR) is 29.9 cm³/mol. The molecule has 0 heterocycles. The summed E-state index contributed by atoms with van der Waals surface area (Å²) in [5, 5.41) is 2.80. The molecule has 0 amide bonds. The molecule has 0 aromatic rings. The van der Waals surface area contributed by atoms with Gasteiger partial charge in [-0.05, 0) is 12.8 Å². The molecule has 1 saturated carbocycles. The van der Waals surface area contributed by atoms with Crippen LogP contribution in [0.1, 0.15) is 19.8 Å². The Labute approximate surface area is 43.6 Å². The minimum atomic E-state index is 0.356. The fourth-order valence-electron chi connectivity index (χ4n) is 0.290. The van der Waals surface area contributed by atoms with Crippen molar-refractivity contribution >= 4 is 17.6 Å². The van der Waals surface area contributed by atoms with Crippen LogP contribution in [0.5, 0.6) is 0 Å². The van der Waals surface area contributed by atoms with Crippen LogP contribution < -0.4 is 0 Å². The Morgan fingerprint density at radius 1 is 1.67 bits per heavy atom. The van der Waals surface area contributed by atoms with E-state index >= 15 is 0 Å². The monoisotopic (exact) mass is 99.0 g/mol. The van der Waals surface area contributed by atoms with Crippen molar-refractivity contribution in [1.29, 1.82) is 0 Å². The van der Waals surface area contributed by atoms with E-state index in [1.54, 1.807) is 0 Å². The molecule has 1 radical (unpaired) electrons. The van der Waals surface area contributed by atoms with Crippen molar-refractivity contribution in [3.63, 3.8) is 0 Å². The lowest BCUT2D eigenvalue weighted by molar-refractivity contribution is 0.839. The van der Waals surface area contributed by atoms with Crippen molar-refractivity contribution in [2.45, 2.75) is 19.8 Å². The molecule has 1 fully saturated rings. The van der Waals surface area contributed by atoms with Gasteiger partial charge in [0.05, 0.1) is 0 Å². The summed E-state index contributed by atoms with van der Waals surface area (Å²) < 4.78 is 0. The molecule has 0 bridgehead atoms. The van der Waals surface area contributed by atoms with Gasteiger partial charge in [0.2, 0.25) is 0 Å². The molecule has 0 saturated heterocycles. The molecule has 0 N–H and O–H groups in total. The second kappa shape index (κ2) is 1.03. The molecular formula is C5H7S. The Morgan fingerprint density at radius 2 is 2.17 bits per heavy atom. The average molecular weight is 99.2 g/mol. The van der Waals surface area contributed by atoms with Crippen molar-refractivity contribution in [2.24, 2.45) is 5.41 Å². The summed E-state index contributed by atoms with van der Waals surface area (Å²) in [5.74, 6) is 0. The zero-order chi connectivity index (χ0) is 4.62. The summed E-state index contributed by atoms with van der Waals surface area (Å²) in [6, 6.07) is 0. The molecule has 1 heteroatoms. The summed E-state index contributed by atoms with van der Waals surface area (Å²) in [6.07, 6.45) is 2.52. The van der Waals surface area contributed by atoms with Gasteiger partial charge in [0.15, 0.2) is 0 Å². The van der Waals surface area contributed by atoms with Crippen molar-refractivity contribution in [1.82, 2.24) is 0 Å². The zero-order valence-corrected chi connectivity index (χ0v) is 4.64. The van der Waals surface area contributed by atoms with Crippen LogP contribution >= 0.6 is 12.2 Å². The standard InChI is InChI=1S/C5H7S/c1-5(4-6)2-3-5/h2-3H2,1H3. The molecule has 6 heavy (non-hydrogen) atoms. The molecule has 1 rings (SSSR count). The van der Waals surface area contributed by atoms with Gasteiger partial charge in [-0.1, -0.05) is 19.1 Å². The Bertz CT molecular complexity index is 72.0. The van der Waals surface area contributed by atoms with Crippen molar-refractivity contribution in [2.75, 3.05) is 0 Å². The smallest absolute Gasteiger partial charge is 0.0356 e. The Morgan fingerprint density at radius 3 is 2.17 bits per heavy atom. The fraction of sp³-hybridized carbons (Fsp3) is 0.800. The van der Waals surface area contributed by atoms with Gasteiger partial charge >= 0.3 is 0 Å². The molecule has 1 aliphatic rings. The molecule has 0 spiro atoms. The number of thiocarbonyl (C=S) groups is 1. The summed E-state index contributed by atoms with van der Waals surface area (Å²) in [5.41, 5.74) is 0.356. The molecule has 0 aromatic carbocycles. The van der Waals surface area contributed by atoms with Crippen LogP contribution in [0.4, 0.5) is 0 Å². The van der Waals surface area contributed by atoms with Crippen LogP contribution in [0.15, 0.2) is 0 Å². The van der Waals surface area contributed by atoms with E-state index in [4.69, 9.17) is 0 Å². The Hall–Kier alpha value is 0.0900. The molecule has 0 nitrogen and oxygen atoms in total. The SMILES string of the molecule is CC1([C]=S)CC1. The highest BCUT2D eigenvalue weighted by molar-refractivity contribution is 7.79. The van der Waals surface area contributed by atoms with Gasteiger partial charge in [0, 0.05) is 10.8 Å². The molecular weight excluding hydrogens is 92.1 g/mol. The van der Waals surface area contributed by atoms with Crippen LogP contribution in [-0.2, 0) is 0 Å². The van der Waals surface area contributed by atoms with Crippen molar-refractivity contribution in [3.8, 4) is 0 Å². The van der Waals surface area contributed by atoms with Crippen LogP contribution in [-0.4, -0.2) is 5.37 Å². The zero-order valence-electron chi connectivity index (χ0n) is 3.82. The number of hydrogen-bond acceptors (Lipinski definition) is 1. The van der Waals surface area contributed by atoms with E-state index in [0.29, 0.717) is 5.41 Å². The maximum absolute atomic E-state index is 4.60. The summed E-state index contributed by atoms with van der Waals surface area (Å²) in [7, 11) is 0. The highest BCUT2D eigenvalue weighted by Gasteiger charge is 2.34. The van der Waals surface area contributed by atoms with Crippen LogP contribution in [0, 0.1) is 5.41 Å². The number of hydrogen-bond donors (Lipinski definition) is 0. The van der Waals surface area contributed by atoms with Gasteiger partial charge < -0.3 is 0 Å². The molecule has 33 valence electrons. The lowest BCUT2D eigenvalue weighted by Crippen LogP contribution is -1.87. The van der Waals surface area contributed by atoms with E-state index in [-0.39, 0.29) is 0 Å². The number of rotatable bonds is 1. The van der Waals surface area contributed by atoms with Gasteiger partial charge in [-0.15, -0.1) is 0 Å². The second-order valence-corrected chi connectivity index (χ2v) is 2.37. The quantitative estimate of drug-likeness (QED) is 0.450. The lowest BCUT2D eigenvalue weighted by Gasteiger charge is -1.87. The van der Waals surface area contributed by atoms with E-state index in [9.17, 15) is 0 Å². The van der Waals surface area contributed by atoms with Gasteiger partial charge in [0.25, 0.3) is 0 Å². The predicted octanol–water partition coefficient (Wildman–Crippen LogP) is 1.66. The van der Waals surface area contributed by atoms with Gasteiger partial charge in [-0.25, -0.2) is 0 Å². The van der Waals surface area contributed by atoms with E-state index in [0.717, 1.165) is 0 Å². The average Bonchev–Trinajstić information content (AvgIpc) is 2.22. The van der Waals surface area contributed by atoms with E-state index in [1.165, 1.54) is 12.8 Å². The maximum Gasteiger partial charge on any atom is 0.0356 e. The van der Waals surface area contributed by atoms with Gasteiger partial charge in [-0.3, -0.25) is 0 Å². The highest BCUT2D eigenvalue weighted by Crippen LogP contribution is 2.42. The third-order valence-electron chi connectivity index (χ3n) is 1.25. The van der Waals surface area contributed by atoms with E-state index in [1.807, 2.05) is 0 Å². The van der Waals surface area contributed by atoms with Gasteiger partial charge in [-0.2, -0.15) is 0 Å². The first-order valence-electron chi connectivity index (χ1n) is 2.16. The maximum atomic E-state index is 4.60. The summed E-state index contributed by atoms with van der Waals surface area (Å²) in [4.78, 5) is 0. The summed E-state index contributed by atoms with van der Waals surface area (Å²) >= 11 is 4.60. The molecule has 0 aliphatic heterocycles. The van der Waals surface area contributed by atoms with Crippen LogP contribution in [0.3, 0.4) is 0 Å². The third-order valence-corrected chi connectivity index (χ3v) is 1.74. The van der Waals surface area contributed by atoms with Gasteiger partial charge in [0.1, 0.15) is 0 Å². The molecule has 0 atom stereocenters. The van der Waals surface area contributed by atoms with Crippen molar-refractivity contribution < 1.29 is 0 Å². The first-order valence-corrected chi connectivity index (χ1v) is 2.57.